The zero-order valence-corrected chi connectivity index (χ0v) is 11.2. The number of nitrogens with zero attached hydrogens (tertiary/aromatic N) is 2. The van der Waals surface area contributed by atoms with Crippen molar-refractivity contribution in [1.29, 1.82) is 0 Å². The maximum Gasteiger partial charge on any atom is 0.115 e. The van der Waals surface area contributed by atoms with E-state index in [0.717, 1.165) is 16.3 Å². The van der Waals surface area contributed by atoms with Gasteiger partial charge in [-0.1, -0.05) is 24.0 Å². The van der Waals surface area contributed by atoms with E-state index in [-0.39, 0.29) is 6.61 Å². The van der Waals surface area contributed by atoms with Gasteiger partial charge in [-0.3, -0.25) is 4.98 Å². The quantitative estimate of drug-likeness (QED) is 0.685. The molecule has 1 heterocycles. The molecule has 0 saturated carbocycles. The van der Waals surface area contributed by atoms with Crippen LogP contribution in [-0.2, 0) is 5.75 Å². The average Bonchev–Trinajstić information content (AvgIpc) is 2.48. The Kier molecular flexibility index (Phi) is 5.42. The van der Waals surface area contributed by atoms with Gasteiger partial charge in [0.2, 0.25) is 0 Å². The summed E-state index contributed by atoms with van der Waals surface area (Å²) in [7, 11) is 0. The largest absolute Gasteiger partial charge is 0.395 e. The smallest absolute Gasteiger partial charge is 0.115 e. The molecule has 0 unspecified atom stereocenters. The second kappa shape index (κ2) is 7.57. The van der Waals surface area contributed by atoms with E-state index in [2.05, 4.69) is 33.9 Å². The predicted octanol–water partition coefficient (Wildman–Crippen LogP) is 2.50. The van der Waals surface area contributed by atoms with Gasteiger partial charge in [0.15, 0.2) is 0 Å². The third-order valence-corrected chi connectivity index (χ3v) is 3.33. The van der Waals surface area contributed by atoms with Crippen molar-refractivity contribution in [1.82, 2.24) is 9.97 Å². The maximum atomic E-state index is 8.65. The Balaban J connectivity index is 1.91. The van der Waals surface area contributed by atoms with Crippen LogP contribution in [0.3, 0.4) is 0 Å². The molecule has 2 rings (SSSR count). The van der Waals surface area contributed by atoms with Crippen molar-refractivity contribution in [2.45, 2.75) is 17.2 Å². The highest BCUT2D eigenvalue weighted by atomic mass is 32.2. The van der Waals surface area contributed by atoms with Crippen LogP contribution in [0.5, 0.6) is 0 Å². The predicted molar refractivity (Wildman–Crippen MR) is 76.6 cm³/mol. The number of aliphatic hydroxyl groups excluding tert-OH is 1. The summed E-state index contributed by atoms with van der Waals surface area (Å²) in [5, 5.41) is 9.58. The molecule has 3 nitrogen and oxygen atoms in total. The standard InChI is InChI=1S/C15H14N2OS/c18-10-2-1-3-13-4-6-14(7-5-13)12-19-15-11-16-8-9-17-15/h4-9,11,18H,2,10,12H2. The molecule has 4 heteroatoms. The van der Waals surface area contributed by atoms with E-state index in [4.69, 9.17) is 5.11 Å². The lowest BCUT2D eigenvalue weighted by Gasteiger charge is -2.00. The molecule has 1 aromatic heterocycles. The molecule has 0 amide bonds. The lowest BCUT2D eigenvalue weighted by atomic mass is 10.1. The third kappa shape index (κ3) is 4.74. The Morgan fingerprint density at radius 1 is 1.16 bits per heavy atom. The fourth-order valence-corrected chi connectivity index (χ4v) is 2.20. The summed E-state index contributed by atoms with van der Waals surface area (Å²) >= 11 is 1.66. The summed E-state index contributed by atoms with van der Waals surface area (Å²) in [6.07, 6.45) is 5.65. The highest BCUT2D eigenvalue weighted by Crippen LogP contribution is 2.19. The summed E-state index contributed by atoms with van der Waals surface area (Å²) in [5.74, 6) is 6.78. The Morgan fingerprint density at radius 2 is 2.00 bits per heavy atom. The van der Waals surface area contributed by atoms with Gasteiger partial charge in [-0.05, 0) is 17.7 Å². The Labute approximate surface area is 117 Å². The number of aliphatic hydroxyl groups is 1. The fraction of sp³-hybridized carbons (Fsp3) is 0.200. The number of thioether (sulfide) groups is 1. The average molecular weight is 270 g/mol. The highest BCUT2D eigenvalue weighted by Gasteiger charge is 1.97. The molecule has 0 aliphatic carbocycles. The normalized spacial score (nSPS) is 9.74. The minimum atomic E-state index is 0.111. The molecule has 0 fully saturated rings. The van der Waals surface area contributed by atoms with Gasteiger partial charge >= 0.3 is 0 Å². The Morgan fingerprint density at radius 3 is 2.68 bits per heavy atom. The highest BCUT2D eigenvalue weighted by molar-refractivity contribution is 7.98. The molecular formula is C15H14N2OS. The first-order valence-corrected chi connectivity index (χ1v) is 6.94. The molecule has 19 heavy (non-hydrogen) atoms. The second-order valence-electron chi connectivity index (χ2n) is 3.80. The Hall–Kier alpha value is -1.83. The Bertz CT molecular complexity index is 558. The third-order valence-electron chi connectivity index (χ3n) is 2.35. The molecular weight excluding hydrogens is 256 g/mol. The molecule has 0 spiro atoms. The van der Waals surface area contributed by atoms with Crippen LogP contribution in [0.15, 0.2) is 47.9 Å². The SMILES string of the molecule is OCCC#Cc1ccc(CSc2cnccn2)cc1. The van der Waals surface area contributed by atoms with Crippen molar-refractivity contribution in [3.05, 3.63) is 54.0 Å². The van der Waals surface area contributed by atoms with E-state index >= 15 is 0 Å². The first kappa shape index (κ1) is 13.6. The van der Waals surface area contributed by atoms with Crippen molar-refractivity contribution < 1.29 is 5.11 Å². The van der Waals surface area contributed by atoms with Crippen LogP contribution in [-0.4, -0.2) is 21.7 Å². The van der Waals surface area contributed by atoms with Gasteiger partial charge in [0.25, 0.3) is 0 Å². The lowest BCUT2D eigenvalue weighted by molar-refractivity contribution is 0.305. The van der Waals surface area contributed by atoms with Crippen LogP contribution in [0.25, 0.3) is 0 Å². The van der Waals surface area contributed by atoms with Gasteiger partial charge < -0.3 is 5.11 Å². The van der Waals surface area contributed by atoms with Gasteiger partial charge in [0, 0.05) is 30.1 Å². The van der Waals surface area contributed by atoms with Crippen molar-refractivity contribution in [2.24, 2.45) is 0 Å². The van der Waals surface area contributed by atoms with E-state index in [0.29, 0.717) is 6.42 Å². The minimum absolute atomic E-state index is 0.111. The summed E-state index contributed by atoms with van der Waals surface area (Å²) in [6, 6.07) is 8.12. The zero-order valence-electron chi connectivity index (χ0n) is 10.4. The summed E-state index contributed by atoms with van der Waals surface area (Å²) < 4.78 is 0. The molecule has 1 N–H and O–H groups in total. The van der Waals surface area contributed by atoms with Crippen LogP contribution in [0.4, 0.5) is 0 Å². The molecule has 1 aromatic carbocycles. The topological polar surface area (TPSA) is 46.0 Å². The molecule has 0 bridgehead atoms. The second-order valence-corrected chi connectivity index (χ2v) is 4.80. The number of hydrogen-bond donors (Lipinski definition) is 1. The van der Waals surface area contributed by atoms with Gasteiger partial charge in [-0.2, -0.15) is 0 Å². The molecule has 0 aliphatic heterocycles. The van der Waals surface area contributed by atoms with Crippen molar-refractivity contribution in [3.63, 3.8) is 0 Å². The van der Waals surface area contributed by atoms with Crippen molar-refractivity contribution in [3.8, 4) is 11.8 Å². The summed E-state index contributed by atoms with van der Waals surface area (Å²) in [5.41, 5.74) is 2.20. The van der Waals surface area contributed by atoms with Crippen molar-refractivity contribution >= 4 is 11.8 Å². The number of hydrogen-bond acceptors (Lipinski definition) is 4. The van der Waals surface area contributed by atoms with Gasteiger partial charge in [0.1, 0.15) is 5.03 Å². The maximum absolute atomic E-state index is 8.65. The van der Waals surface area contributed by atoms with Crippen LogP contribution in [0.2, 0.25) is 0 Å². The summed E-state index contributed by atoms with van der Waals surface area (Å²) in [6.45, 7) is 0.111. The van der Waals surface area contributed by atoms with E-state index in [1.54, 1.807) is 30.4 Å². The first-order valence-electron chi connectivity index (χ1n) is 5.96. The minimum Gasteiger partial charge on any atom is -0.395 e. The van der Waals surface area contributed by atoms with Crippen LogP contribution in [0, 0.1) is 11.8 Å². The first-order chi connectivity index (χ1) is 9.38. The lowest BCUT2D eigenvalue weighted by Crippen LogP contribution is -1.84. The van der Waals surface area contributed by atoms with E-state index < -0.39 is 0 Å². The van der Waals surface area contributed by atoms with E-state index in [1.807, 2.05) is 12.1 Å². The fourth-order valence-electron chi connectivity index (χ4n) is 1.42. The van der Waals surface area contributed by atoms with E-state index in [1.165, 1.54) is 5.56 Å². The van der Waals surface area contributed by atoms with Crippen LogP contribution >= 0.6 is 11.8 Å². The zero-order chi connectivity index (χ0) is 13.3. The van der Waals surface area contributed by atoms with Crippen LogP contribution < -0.4 is 0 Å². The molecule has 0 radical (unpaired) electrons. The molecule has 2 aromatic rings. The molecule has 0 aliphatic rings. The number of benzene rings is 1. The van der Waals surface area contributed by atoms with Gasteiger partial charge in [0.05, 0.1) is 12.8 Å². The number of rotatable bonds is 4. The van der Waals surface area contributed by atoms with Crippen molar-refractivity contribution in [2.75, 3.05) is 6.61 Å². The molecule has 96 valence electrons. The van der Waals surface area contributed by atoms with Crippen LogP contribution in [0.1, 0.15) is 17.5 Å². The monoisotopic (exact) mass is 270 g/mol. The van der Waals surface area contributed by atoms with E-state index in [9.17, 15) is 0 Å². The molecule has 0 saturated heterocycles. The molecule has 0 atom stereocenters. The number of aromatic nitrogens is 2. The van der Waals surface area contributed by atoms with Gasteiger partial charge in [-0.25, -0.2) is 4.98 Å². The summed E-state index contributed by atoms with van der Waals surface area (Å²) in [4.78, 5) is 8.25. The van der Waals surface area contributed by atoms with Gasteiger partial charge in [-0.15, -0.1) is 11.8 Å².